The van der Waals surface area contributed by atoms with Crippen LogP contribution < -0.4 is 10.2 Å². The van der Waals surface area contributed by atoms with Gasteiger partial charge in [-0.05, 0) is 65.2 Å². The first-order valence-corrected chi connectivity index (χ1v) is 8.92. The van der Waals surface area contributed by atoms with E-state index >= 15 is 0 Å². The highest BCUT2D eigenvalue weighted by molar-refractivity contribution is 6.30. The fraction of sp³-hybridized carbons (Fsp3) is 0.0952. The molecule has 1 N–H and O–H groups in total. The van der Waals surface area contributed by atoms with Gasteiger partial charge in [0.25, 0.3) is 0 Å². The first-order valence-electron chi connectivity index (χ1n) is 8.17. The van der Waals surface area contributed by atoms with Gasteiger partial charge in [-0.15, -0.1) is 0 Å². The lowest BCUT2D eigenvalue weighted by Crippen LogP contribution is -2.05. The molecule has 3 nitrogen and oxygen atoms in total. The molecule has 0 aliphatic heterocycles. The lowest BCUT2D eigenvalue weighted by atomic mass is 10.2. The van der Waals surface area contributed by atoms with Crippen molar-refractivity contribution in [2.45, 2.75) is 13.2 Å². The van der Waals surface area contributed by atoms with Crippen LogP contribution in [0, 0.1) is 0 Å². The molecule has 0 heterocycles. The zero-order chi connectivity index (χ0) is 18.2. The Kier molecular flexibility index (Phi) is 6.53. The van der Waals surface area contributed by atoms with E-state index in [0.717, 1.165) is 27.5 Å². The molecule has 0 atom stereocenters. The summed E-state index contributed by atoms with van der Waals surface area (Å²) in [5.41, 5.74) is 6.17. The number of halogens is 2. The summed E-state index contributed by atoms with van der Waals surface area (Å²) in [4.78, 5) is 0. The van der Waals surface area contributed by atoms with E-state index in [1.165, 1.54) is 0 Å². The molecule has 3 aromatic carbocycles. The Bertz CT molecular complexity index is 862. The molecule has 0 amide bonds. The Morgan fingerprint density at radius 1 is 0.846 bits per heavy atom. The van der Waals surface area contributed by atoms with Crippen molar-refractivity contribution in [1.29, 1.82) is 0 Å². The van der Waals surface area contributed by atoms with Crippen LogP contribution >= 0.6 is 23.2 Å². The van der Waals surface area contributed by atoms with Crippen LogP contribution in [0.3, 0.4) is 0 Å². The molecule has 5 heteroatoms. The minimum absolute atomic E-state index is 0.483. The van der Waals surface area contributed by atoms with Crippen molar-refractivity contribution < 1.29 is 4.74 Å². The summed E-state index contributed by atoms with van der Waals surface area (Å²) < 4.78 is 5.77. The lowest BCUT2D eigenvalue weighted by Gasteiger charge is -2.07. The molecule has 0 aliphatic carbocycles. The molecule has 26 heavy (non-hydrogen) atoms. The predicted molar refractivity (Wildman–Crippen MR) is 108 cm³/mol. The second-order valence-electron chi connectivity index (χ2n) is 5.71. The number of hydrazone groups is 1. The largest absolute Gasteiger partial charge is 0.489 e. The highest BCUT2D eigenvalue weighted by Gasteiger charge is 1.98. The van der Waals surface area contributed by atoms with Crippen LogP contribution in [0.15, 0.2) is 77.9 Å². The van der Waals surface area contributed by atoms with Gasteiger partial charge < -0.3 is 10.2 Å². The number of hydrogen-bond acceptors (Lipinski definition) is 3. The van der Waals surface area contributed by atoms with Crippen LogP contribution in [0.25, 0.3) is 0 Å². The van der Waals surface area contributed by atoms with Crippen LogP contribution in [-0.4, -0.2) is 6.21 Å². The number of benzene rings is 3. The molecule has 3 rings (SSSR count). The SMILES string of the molecule is Clc1ccc(CN/N=C\c2ccc(OCc3cccc(Cl)c3)cc2)cc1. The van der Waals surface area contributed by atoms with E-state index < -0.39 is 0 Å². The van der Waals surface area contributed by atoms with Crippen LogP contribution in [0.1, 0.15) is 16.7 Å². The molecular weight excluding hydrogens is 367 g/mol. The van der Waals surface area contributed by atoms with E-state index in [-0.39, 0.29) is 0 Å². The summed E-state index contributed by atoms with van der Waals surface area (Å²) in [5, 5.41) is 5.67. The second-order valence-corrected chi connectivity index (χ2v) is 6.58. The van der Waals surface area contributed by atoms with Crippen molar-refractivity contribution in [1.82, 2.24) is 5.43 Å². The number of hydrogen-bond donors (Lipinski definition) is 1. The fourth-order valence-corrected chi connectivity index (χ4v) is 2.64. The summed E-state index contributed by atoms with van der Waals surface area (Å²) in [6.07, 6.45) is 1.77. The molecule has 0 aliphatic rings. The monoisotopic (exact) mass is 384 g/mol. The third kappa shape index (κ3) is 5.80. The Balaban J connectivity index is 1.47. The molecule has 0 spiro atoms. The first kappa shape index (κ1) is 18.3. The summed E-state index contributed by atoms with van der Waals surface area (Å²) >= 11 is 11.8. The van der Waals surface area contributed by atoms with Crippen molar-refractivity contribution in [3.63, 3.8) is 0 Å². The van der Waals surface area contributed by atoms with Crippen LogP contribution in [-0.2, 0) is 13.2 Å². The van der Waals surface area contributed by atoms with Crippen LogP contribution in [0.2, 0.25) is 10.0 Å². The van der Waals surface area contributed by atoms with E-state index in [4.69, 9.17) is 27.9 Å². The molecule has 0 aromatic heterocycles. The van der Waals surface area contributed by atoms with Gasteiger partial charge in [0, 0.05) is 10.0 Å². The van der Waals surface area contributed by atoms with Gasteiger partial charge in [-0.25, -0.2) is 0 Å². The van der Waals surface area contributed by atoms with Gasteiger partial charge in [0.1, 0.15) is 12.4 Å². The summed E-state index contributed by atoms with van der Waals surface area (Å²) in [6, 6.07) is 23.1. The first-order chi connectivity index (χ1) is 12.7. The van der Waals surface area contributed by atoms with Gasteiger partial charge in [-0.2, -0.15) is 5.10 Å². The maximum Gasteiger partial charge on any atom is 0.119 e. The Labute approximate surface area is 163 Å². The zero-order valence-electron chi connectivity index (χ0n) is 14.0. The lowest BCUT2D eigenvalue weighted by molar-refractivity contribution is 0.306. The van der Waals surface area contributed by atoms with Crippen LogP contribution in [0.4, 0.5) is 0 Å². The van der Waals surface area contributed by atoms with Gasteiger partial charge in [0.2, 0.25) is 0 Å². The average Bonchev–Trinajstić information content (AvgIpc) is 2.66. The molecule has 0 saturated heterocycles. The molecule has 0 unspecified atom stereocenters. The molecular formula is C21H18Cl2N2O. The maximum atomic E-state index is 5.97. The minimum Gasteiger partial charge on any atom is -0.489 e. The molecule has 0 saturated carbocycles. The van der Waals surface area contributed by atoms with Crippen molar-refractivity contribution >= 4 is 29.4 Å². The van der Waals surface area contributed by atoms with Gasteiger partial charge in [-0.3, -0.25) is 0 Å². The van der Waals surface area contributed by atoms with Crippen molar-refractivity contribution in [3.05, 3.63) is 99.5 Å². The van der Waals surface area contributed by atoms with Gasteiger partial charge >= 0.3 is 0 Å². The Morgan fingerprint density at radius 3 is 2.35 bits per heavy atom. The standard InChI is InChI=1S/C21H18Cl2N2O/c22-19-8-4-16(5-9-19)13-24-25-14-17-6-10-21(11-7-17)26-15-18-2-1-3-20(23)12-18/h1-12,14,24H,13,15H2/b25-14-. The van der Waals surface area contributed by atoms with E-state index in [1.807, 2.05) is 72.8 Å². The number of nitrogens with one attached hydrogen (secondary N) is 1. The number of nitrogens with zero attached hydrogens (tertiary/aromatic N) is 1. The Hall–Kier alpha value is -2.49. The zero-order valence-corrected chi connectivity index (χ0v) is 15.5. The van der Waals surface area contributed by atoms with Gasteiger partial charge in [0.15, 0.2) is 0 Å². The minimum atomic E-state index is 0.483. The highest BCUT2D eigenvalue weighted by Crippen LogP contribution is 2.16. The van der Waals surface area contributed by atoms with Gasteiger partial charge in [-0.1, -0.05) is 47.5 Å². The van der Waals surface area contributed by atoms with Crippen molar-refractivity contribution in [3.8, 4) is 5.75 Å². The Morgan fingerprint density at radius 2 is 1.62 bits per heavy atom. The molecule has 0 fully saturated rings. The fourth-order valence-electron chi connectivity index (χ4n) is 2.30. The number of ether oxygens (including phenoxy) is 1. The average molecular weight is 385 g/mol. The molecule has 0 radical (unpaired) electrons. The normalized spacial score (nSPS) is 10.8. The molecule has 0 bridgehead atoms. The van der Waals surface area contributed by atoms with E-state index in [2.05, 4.69) is 10.5 Å². The summed E-state index contributed by atoms with van der Waals surface area (Å²) in [7, 11) is 0. The van der Waals surface area contributed by atoms with Crippen molar-refractivity contribution in [2.24, 2.45) is 5.10 Å². The molecule has 3 aromatic rings. The van der Waals surface area contributed by atoms with Crippen LogP contribution in [0.5, 0.6) is 5.75 Å². The second kappa shape index (κ2) is 9.27. The summed E-state index contributed by atoms with van der Waals surface area (Å²) in [5.74, 6) is 0.802. The third-order valence-corrected chi connectivity index (χ3v) is 4.16. The maximum absolute atomic E-state index is 5.97. The smallest absolute Gasteiger partial charge is 0.119 e. The topological polar surface area (TPSA) is 33.6 Å². The predicted octanol–water partition coefficient (Wildman–Crippen LogP) is 5.70. The van der Waals surface area contributed by atoms with E-state index in [1.54, 1.807) is 6.21 Å². The van der Waals surface area contributed by atoms with Crippen molar-refractivity contribution in [2.75, 3.05) is 0 Å². The highest BCUT2D eigenvalue weighted by atomic mass is 35.5. The quantitative estimate of drug-likeness (QED) is 0.418. The van der Waals surface area contributed by atoms with E-state index in [9.17, 15) is 0 Å². The number of rotatable bonds is 7. The summed E-state index contributed by atoms with van der Waals surface area (Å²) in [6.45, 7) is 1.13. The van der Waals surface area contributed by atoms with E-state index in [0.29, 0.717) is 18.2 Å². The molecule has 132 valence electrons. The third-order valence-electron chi connectivity index (χ3n) is 3.68. The van der Waals surface area contributed by atoms with Gasteiger partial charge in [0.05, 0.1) is 12.8 Å².